The highest BCUT2D eigenvalue weighted by molar-refractivity contribution is 6.47. The van der Waals surface area contributed by atoms with Crippen molar-refractivity contribution in [3.63, 3.8) is 0 Å². The molecule has 0 aromatic heterocycles. The molecule has 0 aliphatic carbocycles. The van der Waals surface area contributed by atoms with Gasteiger partial charge in [0, 0.05) is 27.5 Å². The number of carbonyl (C=O) groups excluding carboxylic acids is 1. The normalized spacial score (nSPS) is 12.1. The summed E-state index contributed by atoms with van der Waals surface area (Å²) in [4.78, 5) is 22.9. The van der Waals surface area contributed by atoms with Crippen molar-refractivity contribution in [3.8, 4) is 0 Å². The van der Waals surface area contributed by atoms with Crippen LogP contribution in [0, 0.1) is 0 Å². The van der Waals surface area contributed by atoms with Gasteiger partial charge in [-0.1, -0.05) is 58.3 Å². The summed E-state index contributed by atoms with van der Waals surface area (Å²) in [6, 6.07) is 22.4. The molecule has 0 amide bonds. The number of ether oxygens (including phenoxy) is 2. The van der Waals surface area contributed by atoms with E-state index in [1.54, 1.807) is 13.0 Å². The van der Waals surface area contributed by atoms with E-state index in [0.29, 0.717) is 22.0 Å². The third-order valence-electron chi connectivity index (χ3n) is 5.19. The van der Waals surface area contributed by atoms with Crippen molar-refractivity contribution in [3.05, 3.63) is 101 Å². The molecule has 37 heavy (non-hydrogen) atoms. The van der Waals surface area contributed by atoms with Gasteiger partial charge >= 0.3 is 5.97 Å². The van der Waals surface area contributed by atoms with E-state index in [1.807, 2.05) is 66.7 Å². The molecule has 0 fully saturated rings. The Balaban J connectivity index is 1.74. The molecule has 9 heteroatoms. The molecule has 0 aliphatic heterocycles. The van der Waals surface area contributed by atoms with E-state index in [4.69, 9.17) is 30.7 Å². The third kappa shape index (κ3) is 7.59. The Morgan fingerprint density at radius 1 is 0.919 bits per heavy atom. The van der Waals surface area contributed by atoms with Crippen molar-refractivity contribution in [2.75, 3.05) is 26.6 Å². The van der Waals surface area contributed by atoms with E-state index in [2.05, 4.69) is 15.6 Å². The smallest absolute Gasteiger partial charge is 0.341 e. The average molecular weight is 522 g/mol. The van der Waals surface area contributed by atoms with Gasteiger partial charge in [0.15, 0.2) is 0 Å². The molecule has 0 unspecified atom stereocenters. The predicted octanol–water partition coefficient (Wildman–Crippen LogP) is 6.19. The zero-order valence-corrected chi connectivity index (χ0v) is 21.8. The average Bonchev–Trinajstić information content (AvgIpc) is 2.92. The monoisotopic (exact) mass is 521 g/mol. The van der Waals surface area contributed by atoms with E-state index < -0.39 is 5.97 Å². The molecule has 0 heterocycles. The van der Waals surface area contributed by atoms with Crippen molar-refractivity contribution in [1.82, 2.24) is 0 Å². The largest absolute Gasteiger partial charge is 0.503 e. The predicted molar refractivity (Wildman–Crippen MR) is 146 cm³/mol. The molecular formula is C28H28ClN3O5. The van der Waals surface area contributed by atoms with Crippen LogP contribution in [0.25, 0.3) is 5.57 Å². The highest BCUT2D eigenvalue weighted by atomic mass is 35.5. The van der Waals surface area contributed by atoms with Crippen molar-refractivity contribution in [2.45, 2.75) is 13.5 Å². The van der Waals surface area contributed by atoms with E-state index in [1.165, 1.54) is 27.6 Å². The summed E-state index contributed by atoms with van der Waals surface area (Å²) in [5.41, 5.74) is 5.28. The van der Waals surface area contributed by atoms with Gasteiger partial charge in [0.05, 0.1) is 20.5 Å². The highest BCUT2D eigenvalue weighted by Crippen LogP contribution is 2.22. The Morgan fingerprint density at radius 3 is 2.19 bits per heavy atom. The first-order valence-corrected chi connectivity index (χ1v) is 11.6. The SMILES string of the molecule is CO/C=C(/C(=O)OC)c1ccccc1CO/N=C(C)/C(=N\OC)c1ccc(Nc2ccc(Cl)cc2)cc1. The van der Waals surface area contributed by atoms with Crippen LogP contribution in [0.3, 0.4) is 0 Å². The lowest BCUT2D eigenvalue weighted by atomic mass is 10.0. The van der Waals surface area contributed by atoms with Crippen LogP contribution in [-0.4, -0.2) is 38.7 Å². The Morgan fingerprint density at radius 2 is 1.57 bits per heavy atom. The van der Waals surface area contributed by atoms with Crippen LogP contribution in [-0.2, 0) is 30.6 Å². The van der Waals surface area contributed by atoms with Crippen molar-refractivity contribution in [2.24, 2.45) is 10.3 Å². The molecule has 0 spiro atoms. The number of hydrogen-bond donors (Lipinski definition) is 1. The minimum absolute atomic E-state index is 0.107. The number of halogens is 1. The fourth-order valence-electron chi connectivity index (χ4n) is 3.43. The van der Waals surface area contributed by atoms with Crippen LogP contribution >= 0.6 is 11.6 Å². The van der Waals surface area contributed by atoms with Crippen LogP contribution in [0.4, 0.5) is 11.4 Å². The van der Waals surface area contributed by atoms with Gasteiger partial charge in [-0.15, -0.1) is 0 Å². The summed E-state index contributed by atoms with van der Waals surface area (Å²) in [5.74, 6) is -0.516. The molecular weight excluding hydrogens is 494 g/mol. The Hall–Kier alpha value is -4.30. The molecule has 1 N–H and O–H groups in total. The molecule has 8 nitrogen and oxygen atoms in total. The Kier molecular flexibility index (Phi) is 10.1. The zero-order valence-electron chi connectivity index (χ0n) is 21.0. The summed E-state index contributed by atoms with van der Waals surface area (Å²) >= 11 is 5.95. The number of rotatable bonds is 11. The number of anilines is 2. The molecule has 0 atom stereocenters. The molecule has 0 saturated carbocycles. The summed E-state index contributed by atoms with van der Waals surface area (Å²) in [5, 5.41) is 12.4. The minimum atomic E-state index is -0.516. The van der Waals surface area contributed by atoms with Gasteiger partial charge in [-0.2, -0.15) is 0 Å². The van der Waals surface area contributed by atoms with E-state index in [9.17, 15) is 4.79 Å². The maximum Gasteiger partial charge on any atom is 0.341 e. The van der Waals surface area contributed by atoms with Crippen molar-refractivity contribution < 1.29 is 23.9 Å². The van der Waals surface area contributed by atoms with Crippen LogP contribution in [0.1, 0.15) is 23.6 Å². The molecule has 0 bridgehead atoms. The van der Waals surface area contributed by atoms with Gasteiger partial charge in [-0.05, 0) is 48.9 Å². The van der Waals surface area contributed by atoms with Gasteiger partial charge in [0.2, 0.25) is 0 Å². The number of hydrogen-bond acceptors (Lipinski definition) is 8. The lowest BCUT2D eigenvalue weighted by molar-refractivity contribution is -0.133. The first kappa shape index (κ1) is 27.3. The lowest BCUT2D eigenvalue weighted by Crippen LogP contribution is -2.13. The minimum Gasteiger partial charge on any atom is -0.503 e. The van der Waals surface area contributed by atoms with Gasteiger partial charge < -0.3 is 24.5 Å². The topological polar surface area (TPSA) is 90.7 Å². The number of methoxy groups -OCH3 is 2. The molecule has 0 radical (unpaired) electrons. The number of nitrogens with zero attached hydrogens (tertiary/aromatic N) is 2. The highest BCUT2D eigenvalue weighted by Gasteiger charge is 2.17. The number of nitrogens with one attached hydrogen (secondary N) is 1. The molecule has 192 valence electrons. The van der Waals surface area contributed by atoms with Crippen LogP contribution in [0.5, 0.6) is 0 Å². The third-order valence-corrected chi connectivity index (χ3v) is 5.44. The lowest BCUT2D eigenvalue weighted by Gasteiger charge is -2.11. The van der Waals surface area contributed by atoms with Crippen LogP contribution in [0.15, 0.2) is 89.4 Å². The summed E-state index contributed by atoms with van der Waals surface area (Å²) in [6.45, 7) is 1.88. The molecule has 3 aromatic carbocycles. The van der Waals surface area contributed by atoms with Crippen LogP contribution < -0.4 is 5.32 Å². The summed E-state index contributed by atoms with van der Waals surface area (Å²) < 4.78 is 9.94. The number of esters is 1. The fourth-order valence-corrected chi connectivity index (χ4v) is 3.56. The summed E-state index contributed by atoms with van der Waals surface area (Å²) in [7, 11) is 4.25. The molecule has 0 aliphatic rings. The Labute approximate surface area is 221 Å². The Bertz CT molecular complexity index is 1290. The fraction of sp³-hybridized carbons (Fsp3) is 0.179. The second kappa shape index (κ2) is 13.7. The molecule has 3 rings (SSSR count). The maximum absolute atomic E-state index is 12.2. The summed E-state index contributed by atoms with van der Waals surface area (Å²) in [6.07, 6.45) is 1.34. The van der Waals surface area contributed by atoms with Crippen LogP contribution in [0.2, 0.25) is 5.02 Å². The standard InChI is InChI=1S/C28H28ClN3O5/c1-19(31-37-17-21-7-5-6-8-25(21)26(18-34-2)28(33)35-3)27(32-36-4)20-9-13-23(14-10-20)30-24-15-11-22(29)12-16-24/h5-16,18,30H,17H2,1-4H3/b26-18+,31-19+,32-27+. The maximum atomic E-state index is 12.2. The number of oxime groups is 2. The van der Waals surface area contributed by atoms with Crippen molar-refractivity contribution >= 4 is 45.9 Å². The first-order valence-electron chi connectivity index (χ1n) is 11.3. The number of benzene rings is 3. The van der Waals surface area contributed by atoms with Gasteiger partial charge in [0.25, 0.3) is 0 Å². The first-order chi connectivity index (χ1) is 18.0. The molecule has 0 saturated heterocycles. The van der Waals surface area contributed by atoms with Gasteiger partial charge in [0.1, 0.15) is 30.7 Å². The van der Waals surface area contributed by atoms with Gasteiger partial charge in [-0.25, -0.2) is 4.79 Å². The quantitative estimate of drug-likeness (QED) is 0.106. The van der Waals surface area contributed by atoms with Crippen molar-refractivity contribution in [1.29, 1.82) is 0 Å². The molecule has 3 aromatic rings. The van der Waals surface area contributed by atoms with E-state index in [-0.39, 0.29) is 12.2 Å². The van der Waals surface area contributed by atoms with Gasteiger partial charge in [-0.3, -0.25) is 0 Å². The number of carbonyl (C=O) groups is 1. The zero-order chi connectivity index (χ0) is 26.6. The second-order valence-electron chi connectivity index (χ2n) is 7.70. The van der Waals surface area contributed by atoms with E-state index in [0.717, 1.165) is 22.5 Å². The van der Waals surface area contributed by atoms with E-state index >= 15 is 0 Å². The second-order valence-corrected chi connectivity index (χ2v) is 8.13.